The highest BCUT2D eigenvalue weighted by Gasteiger charge is 2.17. The zero-order chi connectivity index (χ0) is 16.2. The molecule has 0 radical (unpaired) electrons. The Morgan fingerprint density at radius 2 is 1.90 bits per heavy atom. The van der Waals surface area contributed by atoms with E-state index in [4.69, 9.17) is 5.14 Å². The molecule has 0 atom stereocenters. The maximum atomic E-state index is 12.1. The summed E-state index contributed by atoms with van der Waals surface area (Å²) >= 11 is 0. The van der Waals surface area contributed by atoms with Gasteiger partial charge >= 0.3 is 0 Å². The van der Waals surface area contributed by atoms with Crippen molar-refractivity contribution in [2.24, 2.45) is 11.1 Å². The van der Waals surface area contributed by atoms with Crippen LogP contribution in [-0.2, 0) is 10.0 Å². The molecule has 3 N–H and O–H groups in total. The van der Waals surface area contributed by atoms with Crippen molar-refractivity contribution in [2.75, 3.05) is 6.54 Å². The normalized spacial score (nSPS) is 11.7. The van der Waals surface area contributed by atoms with Gasteiger partial charge in [-0.05, 0) is 55.9 Å². The van der Waals surface area contributed by atoms with E-state index in [0.29, 0.717) is 23.6 Å². The third-order valence-corrected chi connectivity index (χ3v) is 4.47. The Kier molecular flexibility index (Phi) is 5.92. The summed E-state index contributed by atoms with van der Waals surface area (Å²) in [6.45, 7) is 8.28. The number of sulfonamides is 1. The van der Waals surface area contributed by atoms with Gasteiger partial charge in [0, 0.05) is 12.1 Å². The second kappa shape index (κ2) is 7.04. The molecular formula is C15H24N2O3S. The average Bonchev–Trinajstić information content (AvgIpc) is 2.35. The van der Waals surface area contributed by atoms with Crippen molar-refractivity contribution in [1.82, 2.24) is 5.32 Å². The van der Waals surface area contributed by atoms with Crippen molar-refractivity contribution in [3.63, 3.8) is 0 Å². The number of nitrogens with two attached hydrogens (primary N) is 1. The molecule has 1 aromatic rings. The molecule has 0 aliphatic carbocycles. The monoisotopic (exact) mass is 312 g/mol. The van der Waals surface area contributed by atoms with Crippen LogP contribution in [0.5, 0.6) is 0 Å². The topological polar surface area (TPSA) is 89.3 Å². The Morgan fingerprint density at radius 1 is 1.29 bits per heavy atom. The van der Waals surface area contributed by atoms with Gasteiger partial charge in [0.05, 0.1) is 4.90 Å². The van der Waals surface area contributed by atoms with E-state index in [1.807, 2.05) is 0 Å². The zero-order valence-corrected chi connectivity index (χ0v) is 13.9. The first kappa shape index (κ1) is 17.7. The number of carbonyl (C=O) groups is 1. The number of aryl methyl sites for hydroxylation is 1. The van der Waals surface area contributed by atoms with Crippen LogP contribution in [0.15, 0.2) is 17.0 Å². The van der Waals surface area contributed by atoms with E-state index in [0.717, 1.165) is 18.4 Å². The highest BCUT2D eigenvalue weighted by molar-refractivity contribution is 7.89. The Morgan fingerprint density at radius 3 is 2.43 bits per heavy atom. The maximum absolute atomic E-state index is 12.1. The highest BCUT2D eigenvalue weighted by Crippen LogP contribution is 2.20. The number of carbonyl (C=O) groups excluding carboxylic acids is 1. The van der Waals surface area contributed by atoms with Gasteiger partial charge in [0.25, 0.3) is 5.91 Å². The lowest BCUT2D eigenvalue weighted by atomic mass is 10.1. The zero-order valence-electron chi connectivity index (χ0n) is 13.1. The van der Waals surface area contributed by atoms with Crippen molar-refractivity contribution in [2.45, 2.75) is 45.4 Å². The summed E-state index contributed by atoms with van der Waals surface area (Å²) in [7, 11) is -3.83. The Balaban J connectivity index is 2.89. The summed E-state index contributed by atoms with van der Waals surface area (Å²) < 4.78 is 23.1. The van der Waals surface area contributed by atoms with Gasteiger partial charge in [0.1, 0.15) is 0 Å². The first-order valence-corrected chi connectivity index (χ1v) is 8.59. The largest absolute Gasteiger partial charge is 0.352 e. The van der Waals surface area contributed by atoms with Gasteiger partial charge in [-0.15, -0.1) is 0 Å². The molecule has 0 aliphatic rings. The van der Waals surface area contributed by atoms with Gasteiger partial charge < -0.3 is 5.32 Å². The van der Waals surface area contributed by atoms with Crippen molar-refractivity contribution in [3.05, 3.63) is 28.8 Å². The molecule has 21 heavy (non-hydrogen) atoms. The SMILES string of the molecule is Cc1cc(C(=O)NCCCC(C)C)cc(S(N)(=O)=O)c1C. The van der Waals surface area contributed by atoms with Crippen LogP contribution in [-0.4, -0.2) is 20.9 Å². The minimum atomic E-state index is -3.83. The van der Waals surface area contributed by atoms with Crippen molar-refractivity contribution in [3.8, 4) is 0 Å². The summed E-state index contributed by atoms with van der Waals surface area (Å²) in [5, 5.41) is 8.00. The van der Waals surface area contributed by atoms with Crippen LogP contribution in [0.2, 0.25) is 0 Å². The maximum Gasteiger partial charge on any atom is 0.251 e. The predicted octanol–water partition coefficient (Wildman–Crippen LogP) is 2.12. The molecule has 1 aromatic carbocycles. The fourth-order valence-corrected chi connectivity index (χ4v) is 2.95. The van der Waals surface area contributed by atoms with Crippen LogP contribution in [0.4, 0.5) is 0 Å². The standard InChI is InChI=1S/C15H24N2O3S/c1-10(2)6-5-7-17-15(18)13-8-11(3)12(4)14(9-13)21(16,19)20/h8-10H,5-7H2,1-4H3,(H,17,18)(H2,16,19,20). The molecule has 118 valence electrons. The summed E-state index contributed by atoms with van der Waals surface area (Å²) in [4.78, 5) is 12.1. The molecule has 6 heteroatoms. The van der Waals surface area contributed by atoms with Gasteiger partial charge in [0.15, 0.2) is 0 Å². The number of hydrogen-bond acceptors (Lipinski definition) is 3. The van der Waals surface area contributed by atoms with E-state index in [-0.39, 0.29) is 10.8 Å². The van der Waals surface area contributed by atoms with Crippen LogP contribution in [0.25, 0.3) is 0 Å². The van der Waals surface area contributed by atoms with Crippen LogP contribution in [0.1, 0.15) is 48.2 Å². The summed E-state index contributed by atoms with van der Waals surface area (Å²) in [6, 6.07) is 3.03. The lowest BCUT2D eigenvalue weighted by molar-refractivity contribution is 0.0952. The number of primary sulfonamides is 1. The van der Waals surface area contributed by atoms with E-state index < -0.39 is 10.0 Å². The van der Waals surface area contributed by atoms with E-state index >= 15 is 0 Å². The van der Waals surface area contributed by atoms with Crippen molar-refractivity contribution < 1.29 is 13.2 Å². The fourth-order valence-electron chi connectivity index (χ4n) is 2.07. The molecule has 0 aliphatic heterocycles. The lowest BCUT2D eigenvalue weighted by Gasteiger charge is -2.11. The van der Waals surface area contributed by atoms with Gasteiger partial charge in [0.2, 0.25) is 10.0 Å². The molecule has 1 amide bonds. The number of nitrogens with one attached hydrogen (secondary N) is 1. The first-order chi connectivity index (χ1) is 9.62. The quantitative estimate of drug-likeness (QED) is 0.788. The van der Waals surface area contributed by atoms with Crippen LogP contribution in [0.3, 0.4) is 0 Å². The van der Waals surface area contributed by atoms with Crippen LogP contribution >= 0.6 is 0 Å². The average molecular weight is 312 g/mol. The molecule has 0 fully saturated rings. The molecule has 0 saturated carbocycles. The molecule has 0 unspecified atom stereocenters. The van der Waals surface area contributed by atoms with E-state index in [1.165, 1.54) is 6.07 Å². The molecule has 0 aromatic heterocycles. The smallest absolute Gasteiger partial charge is 0.251 e. The fraction of sp³-hybridized carbons (Fsp3) is 0.533. The van der Waals surface area contributed by atoms with Gasteiger partial charge in [-0.25, -0.2) is 13.6 Å². The van der Waals surface area contributed by atoms with Gasteiger partial charge in [-0.1, -0.05) is 13.8 Å². The molecule has 5 nitrogen and oxygen atoms in total. The predicted molar refractivity (Wildman–Crippen MR) is 83.7 cm³/mol. The second-order valence-corrected chi connectivity index (χ2v) is 7.28. The molecule has 0 bridgehead atoms. The summed E-state index contributed by atoms with van der Waals surface area (Å²) in [6.07, 6.45) is 1.94. The number of rotatable bonds is 6. The van der Waals surface area contributed by atoms with Crippen molar-refractivity contribution in [1.29, 1.82) is 0 Å². The van der Waals surface area contributed by atoms with Gasteiger partial charge in [-0.3, -0.25) is 4.79 Å². The minimum absolute atomic E-state index is 0.00910. The number of hydrogen-bond donors (Lipinski definition) is 2. The molecule has 0 spiro atoms. The van der Waals surface area contributed by atoms with E-state index in [9.17, 15) is 13.2 Å². The molecular weight excluding hydrogens is 288 g/mol. The highest BCUT2D eigenvalue weighted by atomic mass is 32.2. The minimum Gasteiger partial charge on any atom is -0.352 e. The molecule has 0 heterocycles. The Labute approximate surface area is 127 Å². The van der Waals surface area contributed by atoms with E-state index in [1.54, 1.807) is 19.9 Å². The van der Waals surface area contributed by atoms with Crippen molar-refractivity contribution >= 4 is 15.9 Å². The second-order valence-electron chi connectivity index (χ2n) is 5.75. The first-order valence-electron chi connectivity index (χ1n) is 7.05. The lowest BCUT2D eigenvalue weighted by Crippen LogP contribution is -2.25. The van der Waals surface area contributed by atoms with Gasteiger partial charge in [-0.2, -0.15) is 0 Å². The Hall–Kier alpha value is -1.40. The summed E-state index contributed by atoms with van der Waals surface area (Å²) in [5.74, 6) is 0.323. The van der Waals surface area contributed by atoms with Crippen LogP contribution in [0, 0.1) is 19.8 Å². The molecule has 0 saturated heterocycles. The Bertz CT molecular complexity index is 622. The third-order valence-electron chi connectivity index (χ3n) is 3.43. The summed E-state index contributed by atoms with van der Waals surface area (Å²) in [5.41, 5.74) is 1.63. The van der Waals surface area contributed by atoms with E-state index in [2.05, 4.69) is 19.2 Å². The number of amides is 1. The number of benzene rings is 1. The van der Waals surface area contributed by atoms with Crippen LogP contribution < -0.4 is 10.5 Å². The molecule has 1 rings (SSSR count). The third kappa shape index (κ3) is 5.13.